The highest BCUT2D eigenvalue weighted by atomic mass is 32.2. The molecule has 0 saturated carbocycles. The molecule has 0 aromatic heterocycles. The molecule has 0 heterocycles. The Labute approximate surface area is 128 Å². The fourth-order valence-electron chi connectivity index (χ4n) is 1.92. The van der Waals surface area contributed by atoms with Crippen LogP contribution in [0.5, 0.6) is 0 Å². The zero-order chi connectivity index (χ0) is 14.9. The lowest BCUT2D eigenvalue weighted by Gasteiger charge is -1.99. The van der Waals surface area contributed by atoms with E-state index in [0.29, 0.717) is 6.42 Å². The zero-order valence-electron chi connectivity index (χ0n) is 12.9. The standard InChI is InChI=1S/C16H31NO2S/c1-2-3-4-5-6-7-8-9-10-11-14-20-15-12-13-16(18)17-19/h9-10,19H,2-8,11-15H2,1H3,(H,17,18)/b10-9-. The number of rotatable bonds is 14. The van der Waals surface area contributed by atoms with Crippen molar-refractivity contribution in [2.45, 2.75) is 71.1 Å². The molecule has 0 saturated heterocycles. The number of carbonyl (C=O) groups is 1. The summed E-state index contributed by atoms with van der Waals surface area (Å²) in [6.45, 7) is 2.25. The van der Waals surface area contributed by atoms with Crippen molar-refractivity contribution in [3.63, 3.8) is 0 Å². The molecule has 0 spiro atoms. The molecule has 0 fully saturated rings. The molecule has 118 valence electrons. The van der Waals surface area contributed by atoms with Gasteiger partial charge in [0.15, 0.2) is 0 Å². The Hall–Kier alpha value is -0.480. The Morgan fingerprint density at radius 2 is 1.70 bits per heavy atom. The van der Waals surface area contributed by atoms with E-state index in [0.717, 1.165) is 24.3 Å². The number of unbranched alkanes of at least 4 members (excludes halogenated alkanes) is 6. The van der Waals surface area contributed by atoms with Crippen molar-refractivity contribution in [2.75, 3.05) is 11.5 Å². The van der Waals surface area contributed by atoms with Gasteiger partial charge in [0.05, 0.1) is 0 Å². The SMILES string of the molecule is CCCCCCCC/C=C\CCSCCCC(=O)NO. The van der Waals surface area contributed by atoms with Crippen molar-refractivity contribution in [1.82, 2.24) is 5.48 Å². The summed E-state index contributed by atoms with van der Waals surface area (Å²) in [6.07, 6.45) is 16.3. The van der Waals surface area contributed by atoms with Gasteiger partial charge in [0.25, 0.3) is 0 Å². The molecule has 0 rings (SSSR count). The minimum Gasteiger partial charge on any atom is -0.289 e. The molecule has 0 aliphatic heterocycles. The first kappa shape index (κ1) is 19.5. The van der Waals surface area contributed by atoms with E-state index in [2.05, 4.69) is 19.1 Å². The summed E-state index contributed by atoms with van der Waals surface area (Å²) in [5.74, 6) is 1.82. The smallest absolute Gasteiger partial charge is 0.243 e. The third kappa shape index (κ3) is 15.6. The lowest BCUT2D eigenvalue weighted by Crippen LogP contribution is -2.18. The van der Waals surface area contributed by atoms with Crippen molar-refractivity contribution < 1.29 is 10.0 Å². The Bertz CT molecular complexity index is 245. The van der Waals surface area contributed by atoms with Gasteiger partial charge in [-0.3, -0.25) is 10.0 Å². The molecule has 0 aliphatic rings. The van der Waals surface area contributed by atoms with E-state index in [-0.39, 0.29) is 5.91 Å². The fraction of sp³-hybridized carbons (Fsp3) is 0.812. The van der Waals surface area contributed by atoms with E-state index >= 15 is 0 Å². The summed E-state index contributed by atoms with van der Waals surface area (Å²) in [5, 5.41) is 8.32. The Morgan fingerprint density at radius 3 is 2.45 bits per heavy atom. The van der Waals surface area contributed by atoms with Crippen LogP contribution < -0.4 is 5.48 Å². The van der Waals surface area contributed by atoms with Crippen molar-refractivity contribution >= 4 is 17.7 Å². The van der Waals surface area contributed by atoms with Gasteiger partial charge < -0.3 is 0 Å². The average Bonchev–Trinajstić information content (AvgIpc) is 2.47. The predicted octanol–water partition coefficient (Wildman–Crippen LogP) is 4.70. The van der Waals surface area contributed by atoms with Crippen LogP contribution in [0.25, 0.3) is 0 Å². The van der Waals surface area contributed by atoms with E-state index in [1.165, 1.54) is 44.9 Å². The van der Waals surface area contributed by atoms with Crippen LogP contribution in [-0.4, -0.2) is 22.6 Å². The molecule has 0 aromatic rings. The van der Waals surface area contributed by atoms with Gasteiger partial charge in [0, 0.05) is 6.42 Å². The lowest BCUT2D eigenvalue weighted by molar-refractivity contribution is -0.129. The molecule has 0 unspecified atom stereocenters. The van der Waals surface area contributed by atoms with E-state index in [1.807, 2.05) is 11.8 Å². The second-order valence-corrected chi connectivity index (χ2v) is 6.29. The molecular formula is C16H31NO2S. The number of thioether (sulfide) groups is 1. The first-order valence-corrected chi connectivity index (χ1v) is 9.12. The monoisotopic (exact) mass is 301 g/mol. The van der Waals surface area contributed by atoms with Crippen LogP contribution in [0.3, 0.4) is 0 Å². The van der Waals surface area contributed by atoms with E-state index < -0.39 is 0 Å². The summed E-state index contributed by atoms with van der Waals surface area (Å²) in [7, 11) is 0. The van der Waals surface area contributed by atoms with Crippen LogP contribution in [0, 0.1) is 0 Å². The van der Waals surface area contributed by atoms with Crippen LogP contribution in [0.4, 0.5) is 0 Å². The van der Waals surface area contributed by atoms with Gasteiger partial charge in [-0.25, -0.2) is 5.48 Å². The number of amides is 1. The largest absolute Gasteiger partial charge is 0.289 e. The number of hydrogen-bond acceptors (Lipinski definition) is 3. The Morgan fingerprint density at radius 1 is 1.00 bits per heavy atom. The summed E-state index contributed by atoms with van der Waals surface area (Å²) >= 11 is 1.87. The highest BCUT2D eigenvalue weighted by Gasteiger charge is 1.97. The van der Waals surface area contributed by atoms with E-state index in [1.54, 1.807) is 5.48 Å². The summed E-state index contributed by atoms with van der Waals surface area (Å²) in [4.78, 5) is 10.7. The second-order valence-electron chi connectivity index (χ2n) is 5.07. The lowest BCUT2D eigenvalue weighted by atomic mass is 10.1. The molecule has 1 amide bonds. The van der Waals surface area contributed by atoms with Crippen LogP contribution in [0.15, 0.2) is 12.2 Å². The number of nitrogens with one attached hydrogen (secondary N) is 1. The molecule has 0 bridgehead atoms. The van der Waals surface area contributed by atoms with Gasteiger partial charge in [-0.2, -0.15) is 11.8 Å². The maximum absolute atomic E-state index is 10.7. The number of carbonyl (C=O) groups excluding carboxylic acids is 1. The van der Waals surface area contributed by atoms with Gasteiger partial charge in [0.2, 0.25) is 5.91 Å². The molecule has 2 N–H and O–H groups in total. The summed E-state index contributed by atoms with van der Waals surface area (Å²) < 4.78 is 0. The molecule has 0 aromatic carbocycles. The Balaban J connectivity index is 3.10. The van der Waals surface area contributed by atoms with Crippen molar-refractivity contribution in [2.24, 2.45) is 0 Å². The second kappa shape index (κ2) is 16.6. The first-order valence-electron chi connectivity index (χ1n) is 7.97. The highest BCUT2D eigenvalue weighted by molar-refractivity contribution is 7.99. The highest BCUT2D eigenvalue weighted by Crippen LogP contribution is 2.09. The van der Waals surface area contributed by atoms with Gasteiger partial charge in [-0.05, 0) is 37.2 Å². The number of allylic oxidation sites excluding steroid dienone is 2. The molecule has 4 heteroatoms. The zero-order valence-corrected chi connectivity index (χ0v) is 13.7. The van der Waals surface area contributed by atoms with Gasteiger partial charge in [-0.15, -0.1) is 0 Å². The maximum Gasteiger partial charge on any atom is 0.243 e. The van der Waals surface area contributed by atoms with Crippen LogP contribution in [-0.2, 0) is 4.79 Å². The van der Waals surface area contributed by atoms with Crippen LogP contribution >= 0.6 is 11.8 Å². The molecular weight excluding hydrogens is 270 g/mol. The molecule has 20 heavy (non-hydrogen) atoms. The predicted molar refractivity (Wildman–Crippen MR) is 88.2 cm³/mol. The van der Waals surface area contributed by atoms with Gasteiger partial charge in [-0.1, -0.05) is 51.2 Å². The Kier molecular flexibility index (Phi) is 16.2. The minimum atomic E-state index is -0.288. The van der Waals surface area contributed by atoms with Crippen LogP contribution in [0.2, 0.25) is 0 Å². The first-order chi connectivity index (χ1) is 9.81. The topological polar surface area (TPSA) is 49.3 Å². The average molecular weight is 301 g/mol. The fourth-order valence-corrected chi connectivity index (χ4v) is 2.78. The third-order valence-electron chi connectivity index (χ3n) is 3.14. The van der Waals surface area contributed by atoms with Gasteiger partial charge >= 0.3 is 0 Å². The summed E-state index contributed by atoms with van der Waals surface area (Å²) in [6, 6.07) is 0. The quantitative estimate of drug-likeness (QED) is 0.211. The molecule has 3 nitrogen and oxygen atoms in total. The van der Waals surface area contributed by atoms with Crippen molar-refractivity contribution in [3.8, 4) is 0 Å². The molecule has 0 atom stereocenters. The van der Waals surface area contributed by atoms with E-state index in [9.17, 15) is 4.79 Å². The number of hydrogen-bond donors (Lipinski definition) is 2. The minimum absolute atomic E-state index is 0.288. The maximum atomic E-state index is 10.7. The van der Waals surface area contributed by atoms with Crippen molar-refractivity contribution in [1.29, 1.82) is 0 Å². The normalized spacial score (nSPS) is 11.1. The van der Waals surface area contributed by atoms with Gasteiger partial charge in [0.1, 0.15) is 0 Å². The molecule has 0 aliphatic carbocycles. The van der Waals surface area contributed by atoms with Crippen LogP contribution in [0.1, 0.15) is 71.1 Å². The number of hydroxylamine groups is 1. The van der Waals surface area contributed by atoms with Crippen molar-refractivity contribution in [3.05, 3.63) is 12.2 Å². The molecule has 0 radical (unpaired) electrons. The summed E-state index contributed by atoms with van der Waals surface area (Å²) in [5.41, 5.74) is 1.65. The van der Waals surface area contributed by atoms with E-state index in [4.69, 9.17) is 5.21 Å². The third-order valence-corrected chi connectivity index (χ3v) is 4.24.